The zero-order valence-corrected chi connectivity index (χ0v) is 10.2. The first kappa shape index (κ1) is 13.8. The number of hydrogen-bond acceptors (Lipinski definition) is 5. The van der Waals surface area contributed by atoms with E-state index < -0.39 is 0 Å². The summed E-state index contributed by atoms with van der Waals surface area (Å²) >= 11 is 0. The van der Waals surface area contributed by atoms with Crippen LogP contribution in [0.5, 0.6) is 0 Å². The minimum Gasteiger partial charge on any atom is -0.399 e. The first-order chi connectivity index (χ1) is 8.26. The van der Waals surface area contributed by atoms with Crippen molar-refractivity contribution in [2.45, 2.75) is 6.92 Å². The van der Waals surface area contributed by atoms with Crippen LogP contribution in [-0.4, -0.2) is 43.0 Å². The van der Waals surface area contributed by atoms with Crippen molar-refractivity contribution < 1.29 is 9.94 Å². The first-order valence-corrected chi connectivity index (χ1v) is 5.84. The van der Waals surface area contributed by atoms with Gasteiger partial charge in [-0.15, -0.1) is 0 Å². The summed E-state index contributed by atoms with van der Waals surface area (Å²) in [7, 11) is 0. The van der Waals surface area contributed by atoms with E-state index in [9.17, 15) is 0 Å². The fraction of sp³-hybridized carbons (Fsp3) is 0.500. The Morgan fingerprint density at radius 1 is 1.29 bits per heavy atom. The van der Waals surface area contributed by atoms with Crippen LogP contribution in [0.25, 0.3) is 0 Å². The number of nitrogens with one attached hydrogen (secondary N) is 1. The van der Waals surface area contributed by atoms with Crippen molar-refractivity contribution in [2.24, 2.45) is 0 Å². The second-order valence-electron chi connectivity index (χ2n) is 3.62. The number of anilines is 2. The van der Waals surface area contributed by atoms with Gasteiger partial charge in [0, 0.05) is 31.0 Å². The topological polar surface area (TPSA) is 70.8 Å². The number of aliphatic hydroxyl groups is 1. The Labute approximate surface area is 102 Å². The molecule has 0 aromatic heterocycles. The van der Waals surface area contributed by atoms with Crippen LogP contribution in [0.4, 0.5) is 11.4 Å². The molecular formula is C12H21N3O2. The zero-order valence-electron chi connectivity index (χ0n) is 10.2. The minimum atomic E-state index is 0.0991. The molecule has 0 unspecified atom stereocenters. The van der Waals surface area contributed by atoms with Crippen LogP contribution in [0, 0.1) is 0 Å². The molecule has 0 fully saturated rings. The Morgan fingerprint density at radius 2 is 2.00 bits per heavy atom. The van der Waals surface area contributed by atoms with Gasteiger partial charge in [0.1, 0.15) is 0 Å². The Balaban J connectivity index is 2.27. The lowest BCUT2D eigenvalue weighted by molar-refractivity contribution is -0.156. The second-order valence-corrected chi connectivity index (χ2v) is 3.62. The maximum Gasteiger partial charge on any atom is 0.0656 e. The molecule has 0 aliphatic heterocycles. The van der Waals surface area contributed by atoms with Gasteiger partial charge in [-0.3, -0.25) is 4.84 Å². The molecule has 0 saturated carbocycles. The van der Waals surface area contributed by atoms with Crippen LogP contribution in [0.3, 0.4) is 0 Å². The Bertz CT molecular complexity index is 297. The average Bonchev–Trinajstić information content (AvgIpc) is 2.32. The number of benzene rings is 1. The number of aliphatic hydroxyl groups excluding tert-OH is 1. The van der Waals surface area contributed by atoms with E-state index in [1.807, 2.05) is 31.2 Å². The van der Waals surface area contributed by atoms with Crippen LogP contribution in [0.1, 0.15) is 6.92 Å². The van der Waals surface area contributed by atoms with Crippen molar-refractivity contribution in [3.63, 3.8) is 0 Å². The number of nitrogen functional groups attached to an aromatic ring is 1. The predicted octanol–water partition coefficient (Wildman–Crippen LogP) is 0.926. The molecule has 0 amide bonds. The van der Waals surface area contributed by atoms with Crippen LogP contribution in [0.2, 0.25) is 0 Å². The van der Waals surface area contributed by atoms with Gasteiger partial charge in [0.05, 0.1) is 13.2 Å². The van der Waals surface area contributed by atoms with Gasteiger partial charge in [0.2, 0.25) is 0 Å². The molecule has 0 atom stereocenters. The van der Waals surface area contributed by atoms with Gasteiger partial charge in [-0.2, -0.15) is 5.06 Å². The quantitative estimate of drug-likeness (QED) is 0.465. The van der Waals surface area contributed by atoms with Gasteiger partial charge in [0.25, 0.3) is 0 Å². The SMILES string of the molecule is CCON(CCO)CCNc1ccc(N)cc1. The highest BCUT2D eigenvalue weighted by molar-refractivity contribution is 5.51. The van der Waals surface area contributed by atoms with E-state index in [2.05, 4.69) is 5.32 Å². The molecule has 0 saturated heterocycles. The van der Waals surface area contributed by atoms with Crippen LogP contribution in [-0.2, 0) is 4.84 Å². The lowest BCUT2D eigenvalue weighted by Gasteiger charge is -2.20. The van der Waals surface area contributed by atoms with Crippen molar-refractivity contribution in [3.05, 3.63) is 24.3 Å². The van der Waals surface area contributed by atoms with E-state index in [1.54, 1.807) is 5.06 Å². The molecule has 0 heterocycles. The highest BCUT2D eigenvalue weighted by Gasteiger charge is 2.02. The maximum atomic E-state index is 8.85. The number of hydrogen-bond donors (Lipinski definition) is 3. The van der Waals surface area contributed by atoms with Crippen LogP contribution >= 0.6 is 0 Å². The van der Waals surface area contributed by atoms with Crippen molar-refractivity contribution in [1.29, 1.82) is 0 Å². The Morgan fingerprint density at radius 3 is 2.59 bits per heavy atom. The highest BCUT2D eigenvalue weighted by atomic mass is 16.7. The van der Waals surface area contributed by atoms with Crippen LogP contribution < -0.4 is 11.1 Å². The molecule has 96 valence electrons. The van der Waals surface area contributed by atoms with Gasteiger partial charge in [0.15, 0.2) is 0 Å². The molecule has 0 radical (unpaired) electrons. The molecule has 1 aromatic carbocycles. The average molecular weight is 239 g/mol. The van der Waals surface area contributed by atoms with Crippen molar-refractivity contribution in [1.82, 2.24) is 5.06 Å². The monoisotopic (exact) mass is 239 g/mol. The third-order valence-electron chi connectivity index (χ3n) is 2.26. The Hall–Kier alpha value is -1.30. The molecule has 4 N–H and O–H groups in total. The van der Waals surface area contributed by atoms with Gasteiger partial charge >= 0.3 is 0 Å². The van der Waals surface area contributed by atoms with Crippen molar-refractivity contribution >= 4 is 11.4 Å². The minimum absolute atomic E-state index is 0.0991. The second kappa shape index (κ2) is 7.89. The van der Waals surface area contributed by atoms with Gasteiger partial charge < -0.3 is 16.2 Å². The van der Waals surface area contributed by atoms with Crippen molar-refractivity contribution in [2.75, 3.05) is 43.9 Å². The maximum absolute atomic E-state index is 8.85. The summed E-state index contributed by atoms with van der Waals surface area (Å²) in [5.74, 6) is 0. The van der Waals surface area contributed by atoms with E-state index in [1.165, 1.54) is 0 Å². The molecule has 5 nitrogen and oxygen atoms in total. The van der Waals surface area contributed by atoms with E-state index in [0.717, 1.165) is 24.5 Å². The lowest BCUT2D eigenvalue weighted by Crippen LogP contribution is -2.31. The summed E-state index contributed by atoms with van der Waals surface area (Å²) in [5.41, 5.74) is 7.38. The third kappa shape index (κ3) is 5.53. The van der Waals surface area contributed by atoms with E-state index in [0.29, 0.717) is 13.2 Å². The zero-order chi connectivity index (χ0) is 12.5. The van der Waals surface area contributed by atoms with Gasteiger partial charge in [-0.25, -0.2) is 0 Å². The molecule has 0 aliphatic carbocycles. The molecule has 1 rings (SSSR count). The summed E-state index contributed by atoms with van der Waals surface area (Å²) in [4.78, 5) is 5.35. The van der Waals surface area contributed by atoms with E-state index in [4.69, 9.17) is 15.7 Å². The third-order valence-corrected chi connectivity index (χ3v) is 2.26. The summed E-state index contributed by atoms with van der Waals surface area (Å²) in [5, 5.41) is 13.9. The molecule has 1 aromatic rings. The summed E-state index contributed by atoms with van der Waals surface area (Å²) in [6.45, 7) is 4.64. The van der Waals surface area contributed by atoms with Crippen LogP contribution in [0.15, 0.2) is 24.3 Å². The smallest absolute Gasteiger partial charge is 0.0656 e. The first-order valence-electron chi connectivity index (χ1n) is 5.84. The fourth-order valence-electron chi connectivity index (χ4n) is 1.46. The Kier molecular flexibility index (Phi) is 6.39. The normalized spacial score (nSPS) is 10.8. The number of nitrogens with zero attached hydrogens (tertiary/aromatic N) is 1. The molecule has 0 aliphatic rings. The molecule has 5 heteroatoms. The largest absolute Gasteiger partial charge is 0.399 e. The molecule has 0 bridgehead atoms. The number of nitrogens with two attached hydrogens (primary N) is 1. The van der Waals surface area contributed by atoms with Gasteiger partial charge in [-0.1, -0.05) is 0 Å². The van der Waals surface area contributed by atoms with E-state index in [-0.39, 0.29) is 6.61 Å². The number of rotatable bonds is 8. The molecule has 17 heavy (non-hydrogen) atoms. The summed E-state index contributed by atoms with van der Waals surface area (Å²) < 4.78 is 0. The summed E-state index contributed by atoms with van der Waals surface area (Å²) in [6.07, 6.45) is 0. The van der Waals surface area contributed by atoms with E-state index >= 15 is 0 Å². The fourth-order valence-corrected chi connectivity index (χ4v) is 1.46. The summed E-state index contributed by atoms with van der Waals surface area (Å²) in [6, 6.07) is 7.59. The van der Waals surface area contributed by atoms with Crippen molar-refractivity contribution in [3.8, 4) is 0 Å². The number of hydroxylamine groups is 2. The van der Waals surface area contributed by atoms with Gasteiger partial charge in [-0.05, 0) is 31.2 Å². The predicted molar refractivity (Wildman–Crippen MR) is 69.6 cm³/mol. The highest BCUT2D eigenvalue weighted by Crippen LogP contribution is 2.09. The standard InChI is InChI=1S/C12H21N3O2/c1-2-17-15(9-10-16)8-7-14-12-5-3-11(13)4-6-12/h3-6,14,16H,2,7-10,13H2,1H3. The molecule has 0 spiro atoms. The lowest BCUT2D eigenvalue weighted by atomic mass is 10.3. The molecular weight excluding hydrogens is 218 g/mol.